The van der Waals surface area contributed by atoms with Crippen molar-refractivity contribution in [1.29, 1.82) is 0 Å². The number of hydrogen-bond acceptors (Lipinski definition) is 4. The number of ether oxygens (including phenoxy) is 1. The molecule has 0 unspecified atom stereocenters. The Balaban J connectivity index is 2.04. The third-order valence-corrected chi connectivity index (χ3v) is 5.11. The smallest absolute Gasteiger partial charge is 0.412 e. The number of methoxy groups -OCH3 is 1. The zero-order chi connectivity index (χ0) is 21.7. The van der Waals surface area contributed by atoms with Crippen LogP contribution in [0.5, 0.6) is 5.75 Å². The maximum atomic E-state index is 12.9. The van der Waals surface area contributed by atoms with Crippen molar-refractivity contribution >= 4 is 22.7 Å². The number of nitrogens with zero attached hydrogens (tertiary/aromatic N) is 3. The van der Waals surface area contributed by atoms with Crippen LogP contribution in [-0.2, 0) is 19.5 Å². The first-order valence-electron chi connectivity index (χ1n) is 10.1. The minimum absolute atomic E-state index is 0.0881. The predicted molar refractivity (Wildman–Crippen MR) is 117 cm³/mol. The van der Waals surface area contributed by atoms with Crippen molar-refractivity contribution < 1.29 is 14.6 Å². The van der Waals surface area contributed by atoms with Crippen LogP contribution in [0, 0.1) is 0 Å². The number of aromatic nitrogens is 2. The van der Waals surface area contributed by atoms with Crippen LogP contribution in [0.2, 0.25) is 0 Å². The molecule has 2 aromatic carbocycles. The van der Waals surface area contributed by atoms with Crippen LogP contribution in [0.3, 0.4) is 0 Å². The fourth-order valence-corrected chi connectivity index (χ4v) is 3.50. The number of amides is 1. The summed E-state index contributed by atoms with van der Waals surface area (Å²) in [6.45, 7) is 4.74. The summed E-state index contributed by atoms with van der Waals surface area (Å²) < 4.78 is 6.92. The first kappa shape index (κ1) is 21.4. The Hall–Kier alpha value is -3.35. The molecule has 30 heavy (non-hydrogen) atoms. The van der Waals surface area contributed by atoms with Crippen molar-refractivity contribution in [2.24, 2.45) is 0 Å². The molecule has 3 rings (SSSR count). The molecule has 1 aromatic heterocycles. The first-order valence-corrected chi connectivity index (χ1v) is 10.1. The lowest BCUT2D eigenvalue weighted by Crippen LogP contribution is -2.29. The number of carbonyl (C=O) groups is 1. The molecule has 0 bridgehead atoms. The van der Waals surface area contributed by atoms with Gasteiger partial charge in [-0.1, -0.05) is 25.5 Å². The molecule has 0 saturated carbocycles. The number of hydrogen-bond donors (Lipinski definition) is 1. The van der Waals surface area contributed by atoms with Gasteiger partial charge in [-0.05, 0) is 49.2 Å². The number of carboxylic acid groups (broad SMARTS) is 1. The molecule has 0 atom stereocenters. The summed E-state index contributed by atoms with van der Waals surface area (Å²) in [7, 11) is 1.57. The highest BCUT2D eigenvalue weighted by atomic mass is 16.5. The van der Waals surface area contributed by atoms with Crippen LogP contribution in [-0.4, -0.2) is 27.9 Å². The van der Waals surface area contributed by atoms with Crippen LogP contribution >= 0.6 is 0 Å². The molecule has 0 spiro atoms. The van der Waals surface area contributed by atoms with Crippen LogP contribution < -0.4 is 15.2 Å². The number of benzene rings is 2. The normalized spacial score (nSPS) is 10.9. The minimum atomic E-state index is -1.08. The molecule has 0 saturated heterocycles. The third kappa shape index (κ3) is 4.45. The molecule has 1 amide bonds. The second-order valence-corrected chi connectivity index (χ2v) is 7.10. The highest BCUT2D eigenvalue weighted by molar-refractivity contribution is 5.90. The summed E-state index contributed by atoms with van der Waals surface area (Å²) >= 11 is 0. The van der Waals surface area contributed by atoms with Crippen LogP contribution in [0.4, 0.5) is 10.5 Å². The van der Waals surface area contributed by atoms with Gasteiger partial charge in [-0.3, -0.25) is 14.3 Å². The van der Waals surface area contributed by atoms with E-state index >= 15 is 0 Å². The summed E-state index contributed by atoms with van der Waals surface area (Å²) in [6, 6.07) is 12.3. The highest BCUT2D eigenvalue weighted by Gasteiger charge is 2.18. The summed E-state index contributed by atoms with van der Waals surface area (Å²) in [5.41, 5.74) is 1.70. The van der Waals surface area contributed by atoms with E-state index in [2.05, 4.69) is 6.92 Å². The zero-order valence-electron chi connectivity index (χ0n) is 17.6. The molecule has 7 heteroatoms. The quantitative estimate of drug-likeness (QED) is 0.594. The van der Waals surface area contributed by atoms with Crippen molar-refractivity contribution in [2.75, 3.05) is 12.0 Å². The highest BCUT2D eigenvalue weighted by Crippen LogP contribution is 2.23. The zero-order valence-corrected chi connectivity index (χ0v) is 17.6. The molecule has 3 aromatic rings. The van der Waals surface area contributed by atoms with Gasteiger partial charge in [0, 0.05) is 18.7 Å². The maximum absolute atomic E-state index is 12.9. The van der Waals surface area contributed by atoms with Gasteiger partial charge < -0.3 is 9.84 Å². The van der Waals surface area contributed by atoms with E-state index < -0.39 is 6.09 Å². The maximum Gasteiger partial charge on any atom is 0.412 e. The van der Waals surface area contributed by atoms with Gasteiger partial charge >= 0.3 is 6.09 Å². The molecule has 0 fully saturated rings. The SMILES string of the molecule is CCCCc1nc2cc(N(Cc3cccc(OC)c3)C(=O)O)ccc2c(=O)n1CC. The number of unbranched alkanes of at least 4 members (excludes halogenated alkanes) is 1. The van der Waals surface area contributed by atoms with Gasteiger partial charge in [0.05, 0.1) is 24.6 Å². The van der Waals surface area contributed by atoms with Gasteiger partial charge in [0.15, 0.2) is 0 Å². The van der Waals surface area contributed by atoms with Crippen molar-refractivity contribution in [3.8, 4) is 5.75 Å². The largest absolute Gasteiger partial charge is 0.497 e. The Morgan fingerprint density at radius 2 is 2.00 bits per heavy atom. The number of aryl methyl sites for hydroxylation is 1. The standard InChI is InChI=1S/C23H27N3O4/c1-4-6-10-21-24-20-14-17(11-12-19(20)22(27)25(21)5-2)26(23(28)29)15-16-8-7-9-18(13-16)30-3/h7-9,11-14H,4-6,10,15H2,1-3H3,(H,28,29). The Morgan fingerprint density at radius 1 is 1.20 bits per heavy atom. The second-order valence-electron chi connectivity index (χ2n) is 7.10. The molecule has 0 aliphatic heterocycles. The Morgan fingerprint density at radius 3 is 2.67 bits per heavy atom. The van der Waals surface area contributed by atoms with Crippen LogP contribution in [0.15, 0.2) is 47.3 Å². The van der Waals surface area contributed by atoms with Crippen molar-refractivity contribution in [2.45, 2.75) is 46.2 Å². The Labute approximate surface area is 175 Å². The van der Waals surface area contributed by atoms with E-state index in [0.717, 1.165) is 24.2 Å². The molecule has 0 aliphatic carbocycles. The summed E-state index contributed by atoms with van der Waals surface area (Å²) in [4.78, 5) is 30.8. The molecule has 158 valence electrons. The molecule has 7 nitrogen and oxygen atoms in total. The van der Waals surface area contributed by atoms with E-state index in [9.17, 15) is 14.7 Å². The van der Waals surface area contributed by atoms with E-state index in [1.54, 1.807) is 35.9 Å². The minimum Gasteiger partial charge on any atom is -0.497 e. The molecule has 0 radical (unpaired) electrons. The first-order chi connectivity index (χ1) is 14.5. The Kier molecular flexibility index (Phi) is 6.72. The van der Waals surface area contributed by atoms with Crippen molar-refractivity contribution in [3.05, 3.63) is 64.2 Å². The fraction of sp³-hybridized carbons (Fsp3) is 0.348. The molecule has 1 N–H and O–H groups in total. The van der Waals surface area contributed by atoms with Crippen molar-refractivity contribution in [3.63, 3.8) is 0 Å². The topological polar surface area (TPSA) is 84.7 Å². The van der Waals surface area contributed by atoms with Gasteiger partial charge in [0.2, 0.25) is 0 Å². The average molecular weight is 409 g/mol. The second kappa shape index (κ2) is 9.43. The van der Waals surface area contributed by atoms with E-state index in [1.165, 1.54) is 4.90 Å². The van der Waals surface area contributed by atoms with Crippen molar-refractivity contribution in [1.82, 2.24) is 9.55 Å². The summed E-state index contributed by atoms with van der Waals surface area (Å²) in [5.74, 6) is 1.40. The number of anilines is 1. The van der Waals surface area contributed by atoms with Gasteiger partial charge in [0.25, 0.3) is 5.56 Å². The Bertz CT molecular complexity index is 1110. The monoisotopic (exact) mass is 409 g/mol. The fourth-order valence-electron chi connectivity index (χ4n) is 3.50. The predicted octanol–water partition coefficient (Wildman–Crippen LogP) is 4.45. The van der Waals surface area contributed by atoms with Gasteiger partial charge in [0.1, 0.15) is 11.6 Å². The van der Waals surface area contributed by atoms with Gasteiger partial charge in [-0.15, -0.1) is 0 Å². The molecular weight excluding hydrogens is 382 g/mol. The average Bonchev–Trinajstić information content (AvgIpc) is 2.75. The lowest BCUT2D eigenvalue weighted by Gasteiger charge is -2.20. The lowest BCUT2D eigenvalue weighted by atomic mass is 10.1. The van der Waals surface area contributed by atoms with Gasteiger partial charge in [-0.25, -0.2) is 9.78 Å². The number of fused-ring (bicyclic) bond motifs is 1. The van der Waals surface area contributed by atoms with Gasteiger partial charge in [-0.2, -0.15) is 0 Å². The third-order valence-electron chi connectivity index (χ3n) is 5.11. The molecule has 0 aliphatic rings. The van der Waals surface area contributed by atoms with E-state index in [4.69, 9.17) is 9.72 Å². The molecular formula is C23H27N3O4. The van der Waals surface area contributed by atoms with E-state index in [0.29, 0.717) is 35.3 Å². The molecule has 1 heterocycles. The summed E-state index contributed by atoms with van der Waals surface area (Å²) in [5, 5.41) is 10.3. The van der Waals surface area contributed by atoms with E-state index in [-0.39, 0.29) is 12.1 Å². The van der Waals surface area contributed by atoms with E-state index in [1.807, 2.05) is 25.1 Å². The number of rotatable bonds is 8. The lowest BCUT2D eigenvalue weighted by molar-refractivity contribution is 0.201. The van der Waals surface area contributed by atoms with Crippen LogP contribution in [0.1, 0.15) is 38.1 Å². The van der Waals surface area contributed by atoms with Crippen LogP contribution in [0.25, 0.3) is 10.9 Å². The summed E-state index contributed by atoms with van der Waals surface area (Å²) in [6.07, 6.45) is 1.58.